The summed E-state index contributed by atoms with van der Waals surface area (Å²) in [7, 11) is 0. The highest BCUT2D eigenvalue weighted by Gasteiger charge is 2.21. The van der Waals surface area contributed by atoms with E-state index in [2.05, 4.69) is 14.9 Å². The van der Waals surface area contributed by atoms with Crippen LogP contribution in [0.3, 0.4) is 0 Å². The molecular formula is C22H20FN5O. The van der Waals surface area contributed by atoms with E-state index in [-0.39, 0.29) is 11.4 Å². The summed E-state index contributed by atoms with van der Waals surface area (Å²) >= 11 is 0. The van der Waals surface area contributed by atoms with Gasteiger partial charge in [0.2, 0.25) is 0 Å². The van der Waals surface area contributed by atoms with Crippen molar-refractivity contribution in [3.05, 3.63) is 71.2 Å². The summed E-state index contributed by atoms with van der Waals surface area (Å²) in [6.07, 6.45) is 5.29. The largest absolute Gasteiger partial charge is 0.355 e. The van der Waals surface area contributed by atoms with Crippen LogP contribution >= 0.6 is 0 Å². The van der Waals surface area contributed by atoms with Crippen molar-refractivity contribution in [1.29, 1.82) is 0 Å². The fourth-order valence-corrected chi connectivity index (χ4v) is 3.98. The molecule has 1 aliphatic heterocycles. The van der Waals surface area contributed by atoms with E-state index in [1.165, 1.54) is 24.5 Å². The predicted octanol–water partition coefficient (Wildman–Crippen LogP) is 3.40. The Morgan fingerprint density at radius 3 is 2.62 bits per heavy atom. The van der Waals surface area contributed by atoms with Gasteiger partial charge in [-0.25, -0.2) is 14.4 Å². The van der Waals surface area contributed by atoms with Crippen molar-refractivity contribution in [1.82, 2.24) is 19.5 Å². The fraction of sp³-hybridized carbons (Fsp3) is 0.273. The lowest BCUT2D eigenvalue weighted by Gasteiger charge is -2.32. The van der Waals surface area contributed by atoms with E-state index in [1.807, 2.05) is 30.5 Å². The second-order valence-corrected chi connectivity index (χ2v) is 7.51. The van der Waals surface area contributed by atoms with Crippen molar-refractivity contribution >= 4 is 27.8 Å². The van der Waals surface area contributed by atoms with Crippen molar-refractivity contribution in [2.24, 2.45) is 5.92 Å². The molecule has 4 aromatic rings. The van der Waals surface area contributed by atoms with Gasteiger partial charge in [0.15, 0.2) is 0 Å². The predicted molar refractivity (Wildman–Crippen MR) is 110 cm³/mol. The molecule has 0 unspecified atom stereocenters. The number of nitrogens with zero attached hydrogens (tertiary/aromatic N) is 5. The number of halogens is 1. The molecule has 1 saturated heterocycles. The number of fused-ring (bicyclic) bond motifs is 2. The lowest BCUT2D eigenvalue weighted by atomic mass is 9.96. The SMILES string of the molecule is O=c1c2ccc(F)cc2ncn1CC1CCN(c2cnc3ccccc3n2)CC1. The molecule has 1 aliphatic rings. The van der Waals surface area contributed by atoms with Crippen LogP contribution in [0, 0.1) is 11.7 Å². The minimum absolute atomic E-state index is 0.113. The number of hydrogen-bond acceptors (Lipinski definition) is 5. The molecule has 0 N–H and O–H groups in total. The van der Waals surface area contributed by atoms with Gasteiger partial charge in [0.25, 0.3) is 5.56 Å². The van der Waals surface area contributed by atoms with E-state index in [0.29, 0.717) is 23.4 Å². The van der Waals surface area contributed by atoms with E-state index >= 15 is 0 Å². The number of anilines is 1. The Hall–Kier alpha value is -3.35. The van der Waals surface area contributed by atoms with Gasteiger partial charge in [-0.3, -0.25) is 14.3 Å². The third-order valence-electron chi connectivity index (χ3n) is 5.62. The Kier molecular flexibility index (Phi) is 4.42. The van der Waals surface area contributed by atoms with E-state index < -0.39 is 0 Å². The molecule has 0 spiro atoms. The van der Waals surface area contributed by atoms with Crippen LogP contribution in [-0.2, 0) is 6.54 Å². The highest BCUT2D eigenvalue weighted by atomic mass is 19.1. The summed E-state index contributed by atoms with van der Waals surface area (Å²) in [6, 6.07) is 12.0. The van der Waals surface area contributed by atoms with Crippen LogP contribution < -0.4 is 10.5 Å². The topological polar surface area (TPSA) is 63.9 Å². The minimum Gasteiger partial charge on any atom is -0.355 e. The van der Waals surface area contributed by atoms with Gasteiger partial charge in [-0.05, 0) is 43.0 Å². The van der Waals surface area contributed by atoms with Gasteiger partial charge in [0.05, 0.1) is 34.5 Å². The molecule has 0 bridgehead atoms. The highest BCUT2D eigenvalue weighted by molar-refractivity contribution is 5.77. The number of rotatable bonds is 3. The Labute approximate surface area is 166 Å². The zero-order valence-electron chi connectivity index (χ0n) is 15.8. The van der Waals surface area contributed by atoms with E-state index in [0.717, 1.165) is 42.8 Å². The maximum absolute atomic E-state index is 13.3. The van der Waals surface area contributed by atoms with E-state index in [1.54, 1.807) is 4.57 Å². The molecule has 0 amide bonds. The van der Waals surface area contributed by atoms with E-state index in [9.17, 15) is 9.18 Å². The lowest BCUT2D eigenvalue weighted by molar-refractivity contribution is 0.351. The number of benzene rings is 2. The smallest absolute Gasteiger partial charge is 0.261 e. The first kappa shape index (κ1) is 17.7. The quantitative estimate of drug-likeness (QED) is 0.537. The highest BCUT2D eigenvalue weighted by Crippen LogP contribution is 2.24. The van der Waals surface area contributed by atoms with Gasteiger partial charge in [-0.15, -0.1) is 0 Å². The molecule has 0 aliphatic carbocycles. The summed E-state index contributed by atoms with van der Waals surface area (Å²) in [5, 5.41) is 0.456. The molecule has 0 atom stereocenters. The second-order valence-electron chi connectivity index (χ2n) is 7.51. The van der Waals surface area contributed by atoms with Crippen LogP contribution in [0.1, 0.15) is 12.8 Å². The average molecular weight is 389 g/mol. The van der Waals surface area contributed by atoms with Crippen molar-refractivity contribution in [2.75, 3.05) is 18.0 Å². The van der Waals surface area contributed by atoms with Crippen molar-refractivity contribution in [3.63, 3.8) is 0 Å². The normalized spacial score (nSPS) is 15.3. The van der Waals surface area contributed by atoms with Gasteiger partial charge in [-0.1, -0.05) is 12.1 Å². The Morgan fingerprint density at radius 2 is 1.79 bits per heavy atom. The van der Waals surface area contributed by atoms with Crippen LogP contribution in [0.4, 0.5) is 10.2 Å². The fourth-order valence-electron chi connectivity index (χ4n) is 3.98. The van der Waals surface area contributed by atoms with Crippen LogP contribution in [-0.4, -0.2) is 32.6 Å². The molecule has 2 aromatic carbocycles. The maximum atomic E-state index is 13.3. The zero-order chi connectivity index (χ0) is 19.8. The second kappa shape index (κ2) is 7.24. The molecule has 146 valence electrons. The van der Waals surface area contributed by atoms with Crippen molar-refractivity contribution < 1.29 is 4.39 Å². The molecule has 0 radical (unpaired) electrons. The van der Waals surface area contributed by atoms with Crippen LogP contribution in [0.2, 0.25) is 0 Å². The molecule has 6 nitrogen and oxygen atoms in total. The third-order valence-corrected chi connectivity index (χ3v) is 5.62. The summed E-state index contributed by atoms with van der Waals surface area (Å²) in [4.78, 5) is 28.4. The molecule has 29 heavy (non-hydrogen) atoms. The number of hydrogen-bond donors (Lipinski definition) is 0. The standard InChI is InChI=1S/C22H20FN5O/c23-16-5-6-17-20(11-16)25-14-28(22(17)29)13-15-7-9-27(10-8-15)21-12-24-18-3-1-2-4-19(18)26-21/h1-6,11-12,14-15H,7-10,13H2. The summed E-state index contributed by atoms with van der Waals surface area (Å²) in [6.45, 7) is 2.37. The zero-order valence-corrected chi connectivity index (χ0v) is 15.8. The van der Waals surface area contributed by atoms with Gasteiger partial charge >= 0.3 is 0 Å². The molecule has 7 heteroatoms. The van der Waals surface area contributed by atoms with Crippen LogP contribution in [0.25, 0.3) is 21.9 Å². The maximum Gasteiger partial charge on any atom is 0.261 e. The third kappa shape index (κ3) is 3.44. The first-order chi connectivity index (χ1) is 14.2. The summed E-state index contributed by atoms with van der Waals surface area (Å²) < 4.78 is 15.0. The lowest BCUT2D eigenvalue weighted by Crippen LogP contribution is -2.37. The average Bonchev–Trinajstić information content (AvgIpc) is 2.76. The minimum atomic E-state index is -0.383. The number of aromatic nitrogens is 4. The molecule has 1 fully saturated rings. The summed E-state index contributed by atoms with van der Waals surface area (Å²) in [5.74, 6) is 0.900. The van der Waals surface area contributed by atoms with Gasteiger partial charge in [-0.2, -0.15) is 0 Å². The van der Waals surface area contributed by atoms with Gasteiger partial charge < -0.3 is 4.90 Å². The first-order valence-electron chi connectivity index (χ1n) is 9.79. The molecule has 0 saturated carbocycles. The first-order valence-corrected chi connectivity index (χ1v) is 9.79. The van der Waals surface area contributed by atoms with E-state index in [4.69, 9.17) is 4.98 Å². The molecular weight excluding hydrogens is 369 g/mol. The Morgan fingerprint density at radius 1 is 1.00 bits per heavy atom. The van der Waals surface area contributed by atoms with Gasteiger partial charge in [0, 0.05) is 25.7 Å². The molecule has 3 heterocycles. The number of para-hydroxylation sites is 2. The molecule has 5 rings (SSSR count). The molecule has 2 aromatic heterocycles. The summed E-state index contributed by atoms with van der Waals surface area (Å²) in [5.41, 5.74) is 2.08. The Bertz CT molecular complexity index is 1250. The number of piperidine rings is 1. The van der Waals surface area contributed by atoms with Gasteiger partial charge in [0.1, 0.15) is 11.6 Å². The Balaban J connectivity index is 1.29. The van der Waals surface area contributed by atoms with Crippen LogP contribution in [0.5, 0.6) is 0 Å². The van der Waals surface area contributed by atoms with Crippen molar-refractivity contribution in [2.45, 2.75) is 19.4 Å². The van der Waals surface area contributed by atoms with Crippen LogP contribution in [0.15, 0.2) is 59.8 Å². The monoisotopic (exact) mass is 389 g/mol. The van der Waals surface area contributed by atoms with Crippen molar-refractivity contribution in [3.8, 4) is 0 Å².